The molecule has 0 fully saturated rings. The Kier molecular flexibility index (Phi) is 5.31. The summed E-state index contributed by atoms with van der Waals surface area (Å²) in [7, 11) is 0. The number of amides is 2. The van der Waals surface area contributed by atoms with Gasteiger partial charge in [-0.15, -0.1) is 10.2 Å². The lowest BCUT2D eigenvalue weighted by atomic mass is 10.1. The molecule has 2 amide bonds. The van der Waals surface area contributed by atoms with Gasteiger partial charge in [0.1, 0.15) is 11.0 Å². The Balaban J connectivity index is 1.40. The van der Waals surface area contributed by atoms with E-state index in [1.807, 2.05) is 66.7 Å². The predicted octanol–water partition coefficient (Wildman–Crippen LogP) is 4.12. The zero-order valence-corrected chi connectivity index (χ0v) is 16.4. The van der Waals surface area contributed by atoms with Gasteiger partial charge >= 0.3 is 0 Å². The van der Waals surface area contributed by atoms with Crippen molar-refractivity contribution in [1.29, 1.82) is 0 Å². The highest BCUT2D eigenvalue weighted by Gasteiger charge is 2.18. The van der Waals surface area contributed by atoms with E-state index in [0.29, 0.717) is 15.7 Å². The third-order valence-corrected chi connectivity index (χ3v) is 5.32. The maximum atomic E-state index is 12.5. The molecular formula is C22H18N4O2S. The number of hydrogen-bond acceptors (Lipinski definition) is 5. The summed E-state index contributed by atoms with van der Waals surface area (Å²) in [5.41, 5.74) is 1.44. The van der Waals surface area contributed by atoms with Crippen LogP contribution in [0.1, 0.15) is 17.3 Å². The van der Waals surface area contributed by atoms with E-state index in [9.17, 15) is 9.59 Å². The maximum Gasteiger partial charge on any atom is 0.251 e. The highest BCUT2D eigenvalue weighted by molar-refractivity contribution is 7.18. The Labute approximate surface area is 171 Å². The molecule has 0 aliphatic carbocycles. The number of anilines is 1. The van der Waals surface area contributed by atoms with Crippen molar-refractivity contribution in [3.63, 3.8) is 0 Å². The maximum absolute atomic E-state index is 12.5. The first kappa shape index (κ1) is 18.8. The van der Waals surface area contributed by atoms with Gasteiger partial charge in [-0.1, -0.05) is 72.0 Å². The fraction of sp³-hybridized carbons (Fsp3) is 0.0909. The van der Waals surface area contributed by atoms with E-state index in [1.165, 1.54) is 11.3 Å². The van der Waals surface area contributed by atoms with E-state index in [1.54, 1.807) is 13.0 Å². The van der Waals surface area contributed by atoms with Crippen LogP contribution in [0.15, 0.2) is 72.8 Å². The van der Waals surface area contributed by atoms with Crippen LogP contribution < -0.4 is 10.6 Å². The predicted molar refractivity (Wildman–Crippen MR) is 115 cm³/mol. The number of nitrogens with one attached hydrogen (secondary N) is 2. The SMILES string of the molecule is CC(NC(=O)c1ccc2ccccc2c1)C(=O)Nc1nnc(-c2ccccc2)s1. The van der Waals surface area contributed by atoms with Crippen LogP contribution in [0, 0.1) is 0 Å². The van der Waals surface area contributed by atoms with Crippen LogP contribution in [0.25, 0.3) is 21.3 Å². The quantitative estimate of drug-likeness (QED) is 0.526. The summed E-state index contributed by atoms with van der Waals surface area (Å²) in [6.07, 6.45) is 0. The van der Waals surface area contributed by atoms with Crippen molar-refractivity contribution in [3.8, 4) is 10.6 Å². The smallest absolute Gasteiger partial charge is 0.251 e. The zero-order valence-electron chi connectivity index (χ0n) is 15.6. The average Bonchev–Trinajstić information content (AvgIpc) is 3.22. The van der Waals surface area contributed by atoms with E-state index in [4.69, 9.17) is 0 Å². The van der Waals surface area contributed by atoms with Crippen LogP contribution >= 0.6 is 11.3 Å². The first-order valence-electron chi connectivity index (χ1n) is 9.09. The van der Waals surface area contributed by atoms with Gasteiger partial charge < -0.3 is 5.32 Å². The molecule has 4 rings (SSSR count). The minimum atomic E-state index is -0.724. The topological polar surface area (TPSA) is 84.0 Å². The van der Waals surface area contributed by atoms with Crippen molar-refractivity contribution < 1.29 is 9.59 Å². The molecule has 0 radical (unpaired) electrons. The number of aromatic nitrogens is 2. The molecule has 1 heterocycles. The zero-order chi connectivity index (χ0) is 20.2. The molecule has 4 aromatic rings. The summed E-state index contributed by atoms with van der Waals surface area (Å²) in [4.78, 5) is 25.0. The largest absolute Gasteiger partial charge is 0.341 e. The number of nitrogens with zero attached hydrogens (tertiary/aromatic N) is 2. The van der Waals surface area contributed by atoms with Crippen molar-refractivity contribution in [3.05, 3.63) is 78.4 Å². The van der Waals surface area contributed by atoms with Gasteiger partial charge in [0.15, 0.2) is 0 Å². The van der Waals surface area contributed by atoms with E-state index >= 15 is 0 Å². The van der Waals surface area contributed by atoms with Crippen LogP contribution in [0.2, 0.25) is 0 Å². The second-order valence-corrected chi connectivity index (χ2v) is 7.50. The first-order chi connectivity index (χ1) is 14.1. The van der Waals surface area contributed by atoms with Gasteiger partial charge in [-0.25, -0.2) is 0 Å². The van der Waals surface area contributed by atoms with Crippen LogP contribution in [0.3, 0.4) is 0 Å². The molecule has 0 saturated carbocycles. The lowest BCUT2D eigenvalue weighted by molar-refractivity contribution is -0.117. The third-order valence-electron chi connectivity index (χ3n) is 4.43. The van der Waals surface area contributed by atoms with E-state index in [-0.39, 0.29) is 11.8 Å². The molecule has 1 atom stereocenters. The second-order valence-electron chi connectivity index (χ2n) is 6.52. The standard InChI is InChI=1S/C22H18N4O2S/c1-14(23-20(28)18-12-11-15-7-5-6-10-17(15)13-18)19(27)24-22-26-25-21(29-22)16-8-3-2-4-9-16/h2-14H,1H3,(H,23,28)(H,24,26,27). The molecule has 0 aliphatic heterocycles. The summed E-state index contributed by atoms with van der Waals surface area (Å²) < 4.78 is 0. The lowest BCUT2D eigenvalue weighted by Crippen LogP contribution is -2.41. The molecule has 144 valence electrons. The Morgan fingerprint density at radius 2 is 1.62 bits per heavy atom. The summed E-state index contributed by atoms with van der Waals surface area (Å²) in [6.45, 7) is 1.63. The highest BCUT2D eigenvalue weighted by Crippen LogP contribution is 2.26. The van der Waals surface area contributed by atoms with Gasteiger partial charge in [0, 0.05) is 11.1 Å². The van der Waals surface area contributed by atoms with Crippen molar-refractivity contribution in [2.75, 3.05) is 5.32 Å². The molecule has 6 nitrogen and oxygen atoms in total. The van der Waals surface area contributed by atoms with Gasteiger partial charge in [0.2, 0.25) is 11.0 Å². The number of benzene rings is 3. The second kappa shape index (κ2) is 8.20. The van der Waals surface area contributed by atoms with Crippen LogP contribution in [0.5, 0.6) is 0 Å². The molecular weight excluding hydrogens is 384 g/mol. The Morgan fingerprint density at radius 3 is 2.41 bits per heavy atom. The van der Waals surface area contributed by atoms with Crippen molar-refractivity contribution in [2.45, 2.75) is 13.0 Å². The number of carbonyl (C=O) groups is 2. The van der Waals surface area contributed by atoms with Crippen molar-refractivity contribution in [1.82, 2.24) is 15.5 Å². The fourth-order valence-corrected chi connectivity index (χ4v) is 3.61. The highest BCUT2D eigenvalue weighted by atomic mass is 32.1. The molecule has 0 bridgehead atoms. The fourth-order valence-electron chi connectivity index (χ4n) is 2.86. The molecule has 7 heteroatoms. The van der Waals surface area contributed by atoms with Gasteiger partial charge in [-0.2, -0.15) is 0 Å². The van der Waals surface area contributed by atoms with Gasteiger partial charge in [0.25, 0.3) is 5.91 Å². The molecule has 3 aromatic carbocycles. The first-order valence-corrected chi connectivity index (χ1v) is 9.91. The van der Waals surface area contributed by atoms with Gasteiger partial charge in [-0.05, 0) is 29.8 Å². The van der Waals surface area contributed by atoms with E-state index in [0.717, 1.165) is 16.3 Å². The van der Waals surface area contributed by atoms with E-state index < -0.39 is 6.04 Å². The Morgan fingerprint density at radius 1 is 0.897 bits per heavy atom. The molecule has 1 aromatic heterocycles. The minimum Gasteiger partial charge on any atom is -0.341 e. The minimum absolute atomic E-state index is 0.305. The Bertz CT molecular complexity index is 1170. The number of carbonyl (C=O) groups excluding carboxylic acids is 2. The molecule has 0 spiro atoms. The summed E-state index contributed by atoms with van der Waals surface area (Å²) >= 11 is 1.28. The molecule has 1 unspecified atom stereocenters. The molecule has 2 N–H and O–H groups in total. The summed E-state index contributed by atoms with van der Waals surface area (Å²) in [6, 6.07) is 22.1. The normalized spacial score (nSPS) is 11.8. The summed E-state index contributed by atoms with van der Waals surface area (Å²) in [5, 5.41) is 16.7. The lowest BCUT2D eigenvalue weighted by Gasteiger charge is -2.13. The van der Waals surface area contributed by atoms with Crippen LogP contribution in [-0.2, 0) is 4.79 Å². The third kappa shape index (κ3) is 4.30. The monoisotopic (exact) mass is 402 g/mol. The average molecular weight is 402 g/mol. The number of rotatable bonds is 5. The molecule has 0 saturated heterocycles. The van der Waals surface area contributed by atoms with Crippen LogP contribution in [-0.4, -0.2) is 28.1 Å². The number of hydrogen-bond donors (Lipinski definition) is 2. The van der Waals surface area contributed by atoms with Gasteiger partial charge in [-0.3, -0.25) is 14.9 Å². The number of fused-ring (bicyclic) bond motifs is 1. The van der Waals surface area contributed by atoms with Gasteiger partial charge in [0.05, 0.1) is 0 Å². The Hall–Kier alpha value is -3.58. The molecule has 0 aliphatic rings. The summed E-state index contributed by atoms with van der Waals surface area (Å²) in [5.74, 6) is -0.657. The van der Waals surface area contributed by atoms with Crippen LogP contribution in [0.4, 0.5) is 5.13 Å². The van der Waals surface area contributed by atoms with Crippen molar-refractivity contribution >= 4 is 39.1 Å². The van der Waals surface area contributed by atoms with Crippen molar-refractivity contribution in [2.24, 2.45) is 0 Å². The molecule has 29 heavy (non-hydrogen) atoms. The van der Waals surface area contributed by atoms with E-state index in [2.05, 4.69) is 20.8 Å².